The van der Waals surface area contributed by atoms with Gasteiger partial charge in [-0.05, 0) is 45.4 Å². The molecular formula is C27H30N6O5. The fraction of sp³-hybridized carbons (Fsp3) is 0.333. The normalized spacial score (nSPS) is 17.2. The van der Waals surface area contributed by atoms with Crippen LogP contribution in [0.4, 0.5) is 17.3 Å². The molecule has 1 aliphatic rings. The lowest BCUT2D eigenvalue weighted by Gasteiger charge is -2.20. The number of fused-ring (bicyclic) bond motifs is 1. The van der Waals surface area contributed by atoms with Crippen LogP contribution in [0.2, 0.25) is 0 Å². The monoisotopic (exact) mass is 518 g/mol. The summed E-state index contributed by atoms with van der Waals surface area (Å²) in [5.74, 6) is 1.28. The number of hydrogen-bond acceptors (Lipinski definition) is 11. The molecule has 0 saturated heterocycles. The van der Waals surface area contributed by atoms with Crippen molar-refractivity contribution in [2.45, 2.75) is 51.2 Å². The van der Waals surface area contributed by atoms with E-state index in [1.165, 1.54) is 0 Å². The Morgan fingerprint density at radius 3 is 2.53 bits per heavy atom. The predicted molar refractivity (Wildman–Crippen MR) is 139 cm³/mol. The Morgan fingerprint density at radius 1 is 1.08 bits per heavy atom. The maximum Gasteiger partial charge on any atom is 0.261 e. The summed E-state index contributed by atoms with van der Waals surface area (Å²) in [7, 11) is 0. The lowest BCUT2D eigenvalue weighted by atomic mass is 10.0. The molecule has 0 radical (unpaired) electrons. The van der Waals surface area contributed by atoms with E-state index < -0.39 is 23.5 Å². The molecule has 1 aliphatic heterocycles. The first-order chi connectivity index (χ1) is 18.0. The van der Waals surface area contributed by atoms with Crippen molar-refractivity contribution in [3.8, 4) is 11.5 Å². The van der Waals surface area contributed by atoms with Crippen LogP contribution in [0.15, 0.2) is 59.3 Å². The molecule has 1 unspecified atom stereocenters. The van der Waals surface area contributed by atoms with Crippen LogP contribution in [0.5, 0.6) is 0 Å². The van der Waals surface area contributed by atoms with Crippen molar-refractivity contribution in [3.63, 3.8) is 0 Å². The maximum atomic E-state index is 10.3. The van der Waals surface area contributed by atoms with Crippen LogP contribution in [-0.2, 0) is 15.9 Å². The third kappa shape index (κ3) is 5.09. The van der Waals surface area contributed by atoms with Crippen LogP contribution in [0.25, 0.3) is 11.5 Å². The Balaban J connectivity index is 1.51. The van der Waals surface area contributed by atoms with Gasteiger partial charge in [-0.3, -0.25) is 0 Å². The van der Waals surface area contributed by atoms with Crippen molar-refractivity contribution in [2.75, 3.05) is 17.2 Å². The van der Waals surface area contributed by atoms with Gasteiger partial charge in [-0.25, -0.2) is 9.97 Å². The minimum Gasteiger partial charge on any atom is -0.394 e. The zero-order chi connectivity index (χ0) is 27.1. The highest BCUT2D eigenvalue weighted by atomic mass is 16.6. The van der Waals surface area contributed by atoms with Gasteiger partial charge in [-0.15, -0.1) is 0 Å². The minimum atomic E-state index is -1.29. The molecule has 0 aliphatic carbocycles. The lowest BCUT2D eigenvalue weighted by molar-refractivity contribution is -0.158. The number of nitrogens with one attached hydrogen (secondary N) is 2. The number of pyridine rings is 2. The van der Waals surface area contributed by atoms with Gasteiger partial charge >= 0.3 is 0 Å². The van der Waals surface area contributed by atoms with Crippen molar-refractivity contribution in [2.24, 2.45) is 0 Å². The van der Waals surface area contributed by atoms with Gasteiger partial charge in [0.05, 0.1) is 29.6 Å². The van der Waals surface area contributed by atoms with E-state index in [-0.39, 0.29) is 18.3 Å². The van der Waals surface area contributed by atoms with E-state index in [9.17, 15) is 15.3 Å². The summed E-state index contributed by atoms with van der Waals surface area (Å²) >= 11 is 0. The van der Waals surface area contributed by atoms with Crippen molar-refractivity contribution in [3.05, 3.63) is 77.4 Å². The van der Waals surface area contributed by atoms with E-state index in [2.05, 4.69) is 30.7 Å². The summed E-state index contributed by atoms with van der Waals surface area (Å²) in [5.41, 5.74) is 1.18. The summed E-state index contributed by atoms with van der Waals surface area (Å²) < 4.78 is 11.1. The van der Waals surface area contributed by atoms with Crippen molar-refractivity contribution in [1.82, 2.24) is 20.1 Å². The number of aliphatic hydroxyl groups excluding tert-OH is 2. The fourth-order valence-corrected chi connectivity index (χ4v) is 4.25. The van der Waals surface area contributed by atoms with Crippen molar-refractivity contribution < 1.29 is 24.6 Å². The van der Waals surface area contributed by atoms with Gasteiger partial charge < -0.3 is 35.2 Å². The molecule has 11 nitrogen and oxygen atoms in total. The predicted octanol–water partition coefficient (Wildman–Crippen LogP) is 3.90. The van der Waals surface area contributed by atoms with E-state index in [0.717, 1.165) is 5.56 Å². The molecular weight excluding hydrogens is 488 g/mol. The second-order valence-electron chi connectivity index (χ2n) is 10.1. The number of benzene rings is 1. The first kappa shape index (κ1) is 25.7. The molecule has 4 aromatic rings. The van der Waals surface area contributed by atoms with Crippen molar-refractivity contribution in [1.29, 1.82) is 0 Å². The van der Waals surface area contributed by atoms with Gasteiger partial charge in [0.2, 0.25) is 5.82 Å². The van der Waals surface area contributed by atoms with E-state index in [1.54, 1.807) is 38.2 Å². The molecule has 0 spiro atoms. The third-order valence-electron chi connectivity index (χ3n) is 6.25. The number of anilines is 3. The largest absolute Gasteiger partial charge is 0.394 e. The molecule has 0 bridgehead atoms. The van der Waals surface area contributed by atoms with Crippen LogP contribution >= 0.6 is 0 Å². The third-order valence-corrected chi connectivity index (χ3v) is 6.25. The second kappa shape index (κ2) is 9.76. The summed E-state index contributed by atoms with van der Waals surface area (Å²) in [6.07, 6.45) is 0.544. The van der Waals surface area contributed by atoms with E-state index >= 15 is 0 Å². The summed E-state index contributed by atoms with van der Waals surface area (Å²) in [6.45, 7) is 6.66. The van der Waals surface area contributed by atoms with E-state index in [1.807, 2.05) is 44.2 Å². The van der Waals surface area contributed by atoms with E-state index in [4.69, 9.17) is 9.26 Å². The highest BCUT2D eigenvalue weighted by Gasteiger charge is 2.38. The van der Waals surface area contributed by atoms with Crippen LogP contribution in [0.3, 0.4) is 0 Å². The molecule has 4 heterocycles. The molecule has 11 heteroatoms. The van der Waals surface area contributed by atoms with Crippen molar-refractivity contribution >= 4 is 17.3 Å². The van der Waals surface area contributed by atoms with Gasteiger partial charge in [-0.1, -0.05) is 35.5 Å². The molecule has 3 aromatic heterocycles. The highest BCUT2D eigenvalue weighted by molar-refractivity contribution is 5.75. The number of hydrogen-bond donors (Lipinski definition) is 5. The number of nitrogens with zero attached hydrogens (tertiary/aromatic N) is 4. The van der Waals surface area contributed by atoms with Crippen LogP contribution in [-0.4, -0.2) is 42.0 Å². The standard InChI is InChI=1S/C27H30N6O5/c1-26(2,36)25-32-23(38-33-25)17-13-28-21(12-18(17)29-19(14-34)15-8-6-5-7-9-15)30-20-11-10-16-22(31-20)27(3,4)37-24(16)35/h5-13,19,24,34-36H,14H2,1-4H3,(H2,28,29,30,31)/t19-,24?/m1/s1. The molecule has 1 aromatic carbocycles. The minimum absolute atomic E-state index is 0.136. The van der Waals surface area contributed by atoms with E-state index in [0.29, 0.717) is 34.1 Å². The second-order valence-corrected chi connectivity index (χ2v) is 10.1. The first-order valence-corrected chi connectivity index (χ1v) is 12.2. The van der Waals surface area contributed by atoms with Crippen LogP contribution in [0, 0.1) is 0 Å². The first-order valence-electron chi connectivity index (χ1n) is 12.2. The Morgan fingerprint density at radius 2 is 1.84 bits per heavy atom. The van der Waals surface area contributed by atoms with Crippen LogP contribution in [0.1, 0.15) is 62.7 Å². The van der Waals surface area contributed by atoms with Crippen LogP contribution < -0.4 is 10.6 Å². The molecule has 0 amide bonds. The summed E-state index contributed by atoms with van der Waals surface area (Å²) in [6, 6.07) is 14.4. The summed E-state index contributed by atoms with van der Waals surface area (Å²) in [5, 5.41) is 41.1. The SMILES string of the molecule is CC(C)(O)c1noc(-c2cnc(Nc3ccc4c(n3)C(C)(C)OC4O)cc2N[C@H](CO)c2ccccc2)n1. The molecule has 198 valence electrons. The average Bonchev–Trinajstić information content (AvgIpc) is 3.46. The summed E-state index contributed by atoms with van der Waals surface area (Å²) in [4.78, 5) is 13.5. The average molecular weight is 519 g/mol. The highest BCUT2D eigenvalue weighted by Crippen LogP contribution is 2.41. The molecule has 0 fully saturated rings. The number of rotatable bonds is 8. The molecule has 0 saturated carbocycles. The lowest BCUT2D eigenvalue weighted by Crippen LogP contribution is -2.18. The molecule has 5 N–H and O–H groups in total. The maximum absolute atomic E-state index is 10.3. The van der Waals surface area contributed by atoms with Gasteiger partial charge in [0, 0.05) is 17.8 Å². The molecule has 2 atom stereocenters. The molecule has 38 heavy (non-hydrogen) atoms. The number of ether oxygens (including phenoxy) is 1. The topological polar surface area (TPSA) is 159 Å². The Kier molecular flexibility index (Phi) is 6.61. The quantitative estimate of drug-likeness (QED) is 0.230. The number of aromatic nitrogens is 4. The Labute approximate surface area is 219 Å². The zero-order valence-corrected chi connectivity index (χ0v) is 21.5. The number of aliphatic hydroxyl groups is 3. The Hall–Kier alpha value is -3.90. The smallest absolute Gasteiger partial charge is 0.261 e. The van der Waals surface area contributed by atoms with Gasteiger partial charge in [0.1, 0.15) is 22.8 Å². The Bertz CT molecular complexity index is 1430. The van der Waals surface area contributed by atoms with Gasteiger partial charge in [0.25, 0.3) is 5.89 Å². The van der Waals surface area contributed by atoms with Gasteiger partial charge in [-0.2, -0.15) is 4.98 Å². The van der Waals surface area contributed by atoms with Gasteiger partial charge in [0.15, 0.2) is 6.29 Å². The fourth-order valence-electron chi connectivity index (χ4n) is 4.25. The molecule has 5 rings (SSSR count). The zero-order valence-electron chi connectivity index (χ0n) is 21.5.